The fourth-order valence-electron chi connectivity index (χ4n) is 2.55. The summed E-state index contributed by atoms with van der Waals surface area (Å²) < 4.78 is 10.5. The van der Waals surface area contributed by atoms with Gasteiger partial charge in [-0.2, -0.15) is 0 Å². The number of nitrogens with one attached hydrogen (secondary N) is 2. The van der Waals surface area contributed by atoms with Gasteiger partial charge in [-0.3, -0.25) is 9.78 Å². The number of carbonyl (C=O) groups is 1. The summed E-state index contributed by atoms with van der Waals surface area (Å²) in [5.41, 5.74) is 2.53. The number of hydrogen-bond acceptors (Lipinski definition) is 5. The number of nitrogens with zero attached hydrogens (tertiary/aromatic N) is 1. The molecule has 0 unspecified atom stereocenters. The maximum atomic E-state index is 12.5. The van der Waals surface area contributed by atoms with E-state index in [1.165, 1.54) is 6.20 Å². The van der Waals surface area contributed by atoms with Gasteiger partial charge in [0.25, 0.3) is 5.91 Å². The molecule has 0 aliphatic rings. The van der Waals surface area contributed by atoms with Crippen LogP contribution in [0, 0.1) is 0 Å². The van der Waals surface area contributed by atoms with Crippen molar-refractivity contribution in [3.63, 3.8) is 0 Å². The van der Waals surface area contributed by atoms with E-state index in [-0.39, 0.29) is 5.91 Å². The number of anilines is 3. The van der Waals surface area contributed by atoms with Gasteiger partial charge in [-0.05, 0) is 55.5 Å². The van der Waals surface area contributed by atoms with Crippen LogP contribution in [0.3, 0.4) is 0 Å². The first-order valence-corrected chi connectivity index (χ1v) is 9.06. The molecular formula is C21H20ClN3O3. The van der Waals surface area contributed by atoms with Crippen LogP contribution in [-0.4, -0.2) is 24.6 Å². The third kappa shape index (κ3) is 4.92. The summed E-state index contributed by atoms with van der Waals surface area (Å²) in [6, 6.07) is 14.3. The second-order valence-corrected chi connectivity index (χ2v) is 6.26. The Morgan fingerprint density at radius 3 is 2.46 bits per heavy atom. The van der Waals surface area contributed by atoms with Gasteiger partial charge in [0.05, 0.1) is 36.2 Å². The van der Waals surface area contributed by atoms with Crippen LogP contribution >= 0.6 is 11.6 Å². The van der Waals surface area contributed by atoms with E-state index < -0.39 is 0 Å². The van der Waals surface area contributed by atoms with Crippen molar-refractivity contribution in [1.82, 2.24) is 4.98 Å². The highest BCUT2D eigenvalue weighted by Crippen LogP contribution is 2.29. The molecule has 0 atom stereocenters. The Hall–Kier alpha value is -3.25. The second kappa shape index (κ2) is 9.10. The Bertz CT molecular complexity index is 961. The molecule has 28 heavy (non-hydrogen) atoms. The maximum absolute atomic E-state index is 12.5. The second-order valence-electron chi connectivity index (χ2n) is 5.85. The first kappa shape index (κ1) is 19.5. The molecule has 0 spiro atoms. The van der Waals surface area contributed by atoms with Crippen molar-refractivity contribution >= 4 is 34.6 Å². The third-order valence-electron chi connectivity index (χ3n) is 3.86. The number of methoxy groups -OCH3 is 1. The summed E-state index contributed by atoms with van der Waals surface area (Å²) in [6.45, 7) is 2.51. The Kier molecular flexibility index (Phi) is 6.34. The predicted octanol–water partition coefficient (Wildman–Crippen LogP) is 5.14. The molecule has 0 radical (unpaired) electrons. The molecule has 3 aromatic rings. The highest BCUT2D eigenvalue weighted by atomic mass is 35.5. The molecule has 1 aromatic heterocycles. The van der Waals surface area contributed by atoms with E-state index >= 15 is 0 Å². The smallest absolute Gasteiger partial charge is 0.257 e. The van der Waals surface area contributed by atoms with Crippen molar-refractivity contribution in [2.24, 2.45) is 0 Å². The van der Waals surface area contributed by atoms with E-state index in [4.69, 9.17) is 21.1 Å². The summed E-state index contributed by atoms with van der Waals surface area (Å²) in [4.78, 5) is 16.7. The number of ether oxygens (including phenoxy) is 2. The molecule has 144 valence electrons. The van der Waals surface area contributed by atoms with Crippen molar-refractivity contribution in [3.8, 4) is 11.5 Å². The van der Waals surface area contributed by atoms with Crippen molar-refractivity contribution in [3.05, 3.63) is 71.5 Å². The van der Waals surface area contributed by atoms with Gasteiger partial charge in [-0.25, -0.2) is 0 Å². The van der Waals surface area contributed by atoms with Crippen molar-refractivity contribution in [2.45, 2.75) is 6.92 Å². The van der Waals surface area contributed by atoms with Crippen LogP contribution in [0.25, 0.3) is 0 Å². The standard InChI is InChI=1S/C21H20ClN3O3/c1-3-28-18-7-4-15(5-8-18)25-21(26)14-10-17(13-23-12-14)24-16-6-9-20(27-2)19(22)11-16/h4-13,24H,3H2,1-2H3,(H,25,26). The number of halogens is 1. The number of aromatic nitrogens is 1. The van der Waals surface area contributed by atoms with E-state index in [1.807, 2.05) is 25.1 Å². The van der Waals surface area contributed by atoms with Crippen LogP contribution < -0.4 is 20.1 Å². The Morgan fingerprint density at radius 1 is 1.04 bits per heavy atom. The molecule has 1 amide bonds. The highest BCUT2D eigenvalue weighted by molar-refractivity contribution is 6.32. The minimum atomic E-state index is -0.256. The van der Waals surface area contributed by atoms with Crippen molar-refractivity contribution in [1.29, 1.82) is 0 Å². The van der Waals surface area contributed by atoms with Gasteiger partial charge in [0.2, 0.25) is 0 Å². The lowest BCUT2D eigenvalue weighted by molar-refractivity contribution is 0.102. The molecule has 3 rings (SSSR count). The zero-order chi connectivity index (χ0) is 19.9. The average molecular weight is 398 g/mol. The summed E-state index contributed by atoms with van der Waals surface area (Å²) in [5, 5.41) is 6.51. The van der Waals surface area contributed by atoms with Crippen molar-refractivity contribution in [2.75, 3.05) is 24.4 Å². The molecule has 0 bridgehead atoms. The molecule has 0 aliphatic carbocycles. The van der Waals surface area contributed by atoms with E-state index in [0.29, 0.717) is 34.3 Å². The fraction of sp³-hybridized carbons (Fsp3) is 0.143. The van der Waals surface area contributed by atoms with Gasteiger partial charge in [0, 0.05) is 17.6 Å². The lowest BCUT2D eigenvalue weighted by atomic mass is 10.2. The number of rotatable bonds is 7. The lowest BCUT2D eigenvalue weighted by Crippen LogP contribution is -2.12. The molecule has 6 nitrogen and oxygen atoms in total. The van der Waals surface area contributed by atoms with Crippen LogP contribution in [0.15, 0.2) is 60.9 Å². The van der Waals surface area contributed by atoms with Gasteiger partial charge in [0.15, 0.2) is 0 Å². The summed E-state index contributed by atoms with van der Waals surface area (Å²) in [7, 11) is 1.56. The molecule has 2 N–H and O–H groups in total. The third-order valence-corrected chi connectivity index (χ3v) is 4.16. The van der Waals surface area contributed by atoms with Crippen LogP contribution in [0.5, 0.6) is 11.5 Å². The van der Waals surface area contributed by atoms with Gasteiger partial charge < -0.3 is 20.1 Å². The van der Waals surface area contributed by atoms with Gasteiger partial charge in [-0.15, -0.1) is 0 Å². The molecule has 0 fully saturated rings. The van der Waals surface area contributed by atoms with Crippen LogP contribution in [0.1, 0.15) is 17.3 Å². The molecule has 7 heteroatoms. The molecule has 0 saturated carbocycles. The minimum absolute atomic E-state index is 0.256. The molecule has 1 heterocycles. The van der Waals surface area contributed by atoms with E-state index in [9.17, 15) is 4.79 Å². The van der Waals surface area contributed by atoms with Crippen molar-refractivity contribution < 1.29 is 14.3 Å². The molecular weight excluding hydrogens is 378 g/mol. The topological polar surface area (TPSA) is 72.5 Å². The molecule has 2 aromatic carbocycles. The van der Waals surface area contributed by atoms with Gasteiger partial charge >= 0.3 is 0 Å². The lowest BCUT2D eigenvalue weighted by Gasteiger charge is -2.10. The van der Waals surface area contributed by atoms with E-state index in [0.717, 1.165) is 11.4 Å². The summed E-state index contributed by atoms with van der Waals surface area (Å²) >= 11 is 6.14. The van der Waals surface area contributed by atoms with Crippen LogP contribution in [-0.2, 0) is 0 Å². The van der Waals surface area contributed by atoms with Crippen LogP contribution in [0.2, 0.25) is 5.02 Å². The minimum Gasteiger partial charge on any atom is -0.495 e. The zero-order valence-electron chi connectivity index (χ0n) is 15.5. The van der Waals surface area contributed by atoms with Crippen LogP contribution in [0.4, 0.5) is 17.1 Å². The van der Waals surface area contributed by atoms with E-state index in [1.54, 1.807) is 43.6 Å². The number of hydrogen-bond donors (Lipinski definition) is 2. The summed E-state index contributed by atoms with van der Waals surface area (Å²) in [6.07, 6.45) is 3.14. The Labute approximate surface area is 168 Å². The quantitative estimate of drug-likeness (QED) is 0.577. The van der Waals surface area contributed by atoms with E-state index in [2.05, 4.69) is 15.6 Å². The number of carbonyl (C=O) groups excluding carboxylic acids is 1. The Morgan fingerprint density at radius 2 is 1.79 bits per heavy atom. The normalized spacial score (nSPS) is 10.2. The largest absolute Gasteiger partial charge is 0.495 e. The number of amides is 1. The van der Waals surface area contributed by atoms with Gasteiger partial charge in [-0.1, -0.05) is 11.6 Å². The van der Waals surface area contributed by atoms with Gasteiger partial charge in [0.1, 0.15) is 11.5 Å². The Balaban J connectivity index is 1.69. The maximum Gasteiger partial charge on any atom is 0.257 e. The SMILES string of the molecule is CCOc1ccc(NC(=O)c2cncc(Nc3ccc(OC)c(Cl)c3)c2)cc1. The molecule has 0 aliphatic heterocycles. The first-order valence-electron chi connectivity index (χ1n) is 8.69. The number of benzene rings is 2. The first-order chi connectivity index (χ1) is 13.6. The predicted molar refractivity (Wildman–Crippen MR) is 111 cm³/mol. The zero-order valence-corrected chi connectivity index (χ0v) is 16.3. The highest BCUT2D eigenvalue weighted by Gasteiger charge is 2.09. The average Bonchev–Trinajstić information content (AvgIpc) is 2.70. The molecule has 0 saturated heterocycles. The monoisotopic (exact) mass is 397 g/mol. The fourth-order valence-corrected chi connectivity index (χ4v) is 2.81. The number of pyridine rings is 1. The summed E-state index contributed by atoms with van der Waals surface area (Å²) in [5.74, 6) is 1.09.